The Morgan fingerprint density at radius 2 is 1.96 bits per heavy atom. The molecule has 0 aliphatic rings. The minimum absolute atomic E-state index is 0.130. The number of nitro groups is 1. The fraction of sp³-hybridized carbons (Fsp3) is 0.176. The summed E-state index contributed by atoms with van der Waals surface area (Å²) in [5.74, 6) is -1.06. The maximum absolute atomic E-state index is 12.5. The van der Waals surface area contributed by atoms with Crippen LogP contribution in [0.15, 0.2) is 40.9 Å². The van der Waals surface area contributed by atoms with Crippen LogP contribution < -0.4 is 5.32 Å². The molecule has 2 rings (SSSR count). The van der Waals surface area contributed by atoms with Gasteiger partial charge >= 0.3 is 0 Å². The highest BCUT2D eigenvalue weighted by Crippen LogP contribution is 2.24. The average Bonchev–Trinajstić information content (AvgIpc) is 2.56. The summed E-state index contributed by atoms with van der Waals surface area (Å²) in [5, 5.41) is 14.0. The lowest BCUT2D eigenvalue weighted by molar-refractivity contribution is -0.385. The second-order valence-electron chi connectivity index (χ2n) is 5.59. The molecule has 26 heavy (non-hydrogen) atoms. The van der Waals surface area contributed by atoms with Gasteiger partial charge in [-0.3, -0.25) is 19.7 Å². The van der Waals surface area contributed by atoms with E-state index in [1.165, 1.54) is 19.2 Å². The molecule has 0 aliphatic carbocycles. The zero-order chi connectivity index (χ0) is 19.4. The summed E-state index contributed by atoms with van der Waals surface area (Å²) >= 11 is 9.09. The molecule has 0 radical (unpaired) electrons. The van der Waals surface area contributed by atoms with Crippen molar-refractivity contribution < 1.29 is 14.5 Å². The molecule has 0 aliphatic heterocycles. The topological polar surface area (TPSA) is 92.6 Å². The second-order valence-corrected chi connectivity index (χ2v) is 6.94. The number of nitro benzene ring substituents is 1. The lowest BCUT2D eigenvalue weighted by Crippen LogP contribution is -2.35. The Morgan fingerprint density at radius 1 is 1.27 bits per heavy atom. The van der Waals surface area contributed by atoms with E-state index in [1.807, 2.05) is 13.0 Å². The Labute approximate surface area is 163 Å². The monoisotopic (exact) mass is 439 g/mol. The number of nitrogens with one attached hydrogen (secondary N) is 1. The maximum atomic E-state index is 12.5. The molecule has 0 bridgehead atoms. The molecule has 0 fully saturated rings. The van der Waals surface area contributed by atoms with E-state index in [9.17, 15) is 19.7 Å². The number of carbonyl (C=O) groups excluding carboxylic acids is 2. The molecule has 0 atom stereocenters. The van der Waals surface area contributed by atoms with Crippen molar-refractivity contribution in [1.29, 1.82) is 0 Å². The molecule has 136 valence electrons. The minimum Gasteiger partial charge on any atom is -0.332 e. The first-order valence-electron chi connectivity index (χ1n) is 7.44. The number of anilines is 1. The highest BCUT2D eigenvalue weighted by molar-refractivity contribution is 9.10. The fourth-order valence-electron chi connectivity index (χ4n) is 2.29. The van der Waals surface area contributed by atoms with Crippen molar-refractivity contribution in [3.63, 3.8) is 0 Å². The molecule has 1 N–H and O–H groups in total. The molecule has 0 spiro atoms. The van der Waals surface area contributed by atoms with Gasteiger partial charge in [0.25, 0.3) is 11.6 Å². The molecule has 0 aromatic heterocycles. The van der Waals surface area contributed by atoms with Crippen LogP contribution in [0.5, 0.6) is 0 Å². The Bertz CT molecular complexity index is 888. The molecule has 0 unspecified atom stereocenters. The van der Waals surface area contributed by atoms with Crippen LogP contribution >= 0.6 is 27.5 Å². The SMILES string of the molecule is Cc1cc(Br)ccc1NC(=O)CN(C)C(=O)c1ccc(Cl)cc1[N+](=O)[O-]. The van der Waals surface area contributed by atoms with Crippen LogP contribution in [0.4, 0.5) is 11.4 Å². The Morgan fingerprint density at radius 3 is 2.58 bits per heavy atom. The van der Waals surface area contributed by atoms with Crippen molar-refractivity contribution in [1.82, 2.24) is 4.90 Å². The first kappa shape index (κ1) is 19.9. The van der Waals surface area contributed by atoms with Crippen LogP contribution in [-0.2, 0) is 4.79 Å². The Kier molecular flexibility index (Phi) is 6.33. The van der Waals surface area contributed by atoms with E-state index in [0.717, 1.165) is 21.0 Å². The summed E-state index contributed by atoms with van der Waals surface area (Å²) in [5.41, 5.74) is 0.944. The highest BCUT2D eigenvalue weighted by Gasteiger charge is 2.24. The predicted octanol–water partition coefficient (Wildman–Crippen LogP) is 4.03. The number of aryl methyl sites for hydroxylation is 1. The fourth-order valence-corrected chi connectivity index (χ4v) is 2.93. The summed E-state index contributed by atoms with van der Waals surface area (Å²) in [6, 6.07) is 9.14. The van der Waals surface area contributed by atoms with Crippen molar-refractivity contribution in [3.8, 4) is 0 Å². The van der Waals surface area contributed by atoms with Crippen LogP contribution in [-0.4, -0.2) is 35.2 Å². The first-order chi connectivity index (χ1) is 12.2. The third kappa shape index (κ3) is 4.80. The van der Waals surface area contributed by atoms with Gasteiger partial charge in [0.1, 0.15) is 5.56 Å². The van der Waals surface area contributed by atoms with Crippen molar-refractivity contribution in [2.24, 2.45) is 0 Å². The van der Waals surface area contributed by atoms with E-state index in [0.29, 0.717) is 5.69 Å². The van der Waals surface area contributed by atoms with Crippen molar-refractivity contribution in [3.05, 3.63) is 67.1 Å². The van der Waals surface area contributed by atoms with Gasteiger partial charge in [-0.15, -0.1) is 0 Å². The van der Waals surface area contributed by atoms with Gasteiger partial charge in [-0.2, -0.15) is 0 Å². The average molecular weight is 441 g/mol. The largest absolute Gasteiger partial charge is 0.332 e. The van der Waals surface area contributed by atoms with E-state index < -0.39 is 22.4 Å². The number of likely N-dealkylation sites (N-methyl/N-ethyl adjacent to an activating group) is 1. The van der Waals surface area contributed by atoms with Crippen LogP contribution in [0.3, 0.4) is 0 Å². The molecule has 2 aromatic carbocycles. The molecule has 2 amide bonds. The molecular weight excluding hydrogens is 426 g/mol. The zero-order valence-electron chi connectivity index (χ0n) is 14.0. The normalized spacial score (nSPS) is 10.3. The number of hydrogen-bond donors (Lipinski definition) is 1. The summed E-state index contributed by atoms with van der Waals surface area (Å²) in [4.78, 5) is 36.2. The summed E-state index contributed by atoms with van der Waals surface area (Å²) in [6.07, 6.45) is 0. The highest BCUT2D eigenvalue weighted by atomic mass is 79.9. The standard InChI is InChI=1S/C17H15BrClN3O4/c1-10-7-11(18)3-6-14(10)20-16(23)9-21(2)17(24)13-5-4-12(19)8-15(13)22(25)26/h3-8H,9H2,1-2H3,(H,20,23). The van der Waals surface area contributed by atoms with Gasteiger partial charge in [0.15, 0.2) is 0 Å². The molecular formula is C17H15BrClN3O4. The number of carbonyl (C=O) groups is 2. The summed E-state index contributed by atoms with van der Waals surface area (Å²) in [7, 11) is 1.40. The quantitative estimate of drug-likeness (QED) is 0.561. The van der Waals surface area contributed by atoms with Gasteiger partial charge in [0.2, 0.25) is 5.91 Å². The number of hydrogen-bond acceptors (Lipinski definition) is 4. The van der Waals surface area contributed by atoms with Crippen LogP contribution in [0.25, 0.3) is 0 Å². The van der Waals surface area contributed by atoms with Crippen LogP contribution in [0.1, 0.15) is 15.9 Å². The number of amides is 2. The zero-order valence-corrected chi connectivity index (χ0v) is 16.3. The van der Waals surface area contributed by atoms with Gasteiger partial charge in [-0.25, -0.2) is 0 Å². The van der Waals surface area contributed by atoms with Crippen molar-refractivity contribution in [2.75, 3.05) is 18.9 Å². The van der Waals surface area contributed by atoms with Crippen LogP contribution in [0.2, 0.25) is 5.02 Å². The summed E-state index contributed by atoms with van der Waals surface area (Å²) < 4.78 is 0.885. The molecule has 0 saturated heterocycles. The van der Waals surface area contributed by atoms with E-state index in [1.54, 1.807) is 12.1 Å². The van der Waals surface area contributed by atoms with Crippen molar-refractivity contribution >= 4 is 50.7 Å². The van der Waals surface area contributed by atoms with Gasteiger partial charge in [-0.05, 0) is 42.8 Å². The lowest BCUT2D eigenvalue weighted by Gasteiger charge is -2.17. The molecule has 0 heterocycles. The van der Waals surface area contributed by atoms with Gasteiger partial charge in [0.05, 0.1) is 11.5 Å². The molecule has 2 aromatic rings. The van der Waals surface area contributed by atoms with Gasteiger partial charge in [-0.1, -0.05) is 27.5 Å². The van der Waals surface area contributed by atoms with E-state index in [4.69, 9.17) is 11.6 Å². The first-order valence-corrected chi connectivity index (χ1v) is 8.61. The van der Waals surface area contributed by atoms with Crippen molar-refractivity contribution in [2.45, 2.75) is 6.92 Å². The smallest absolute Gasteiger partial charge is 0.283 e. The minimum atomic E-state index is -0.682. The lowest BCUT2D eigenvalue weighted by atomic mass is 10.1. The Balaban J connectivity index is 2.12. The maximum Gasteiger partial charge on any atom is 0.283 e. The van der Waals surface area contributed by atoms with E-state index in [2.05, 4.69) is 21.2 Å². The van der Waals surface area contributed by atoms with E-state index >= 15 is 0 Å². The molecule has 7 nitrogen and oxygen atoms in total. The molecule has 0 saturated carbocycles. The third-order valence-electron chi connectivity index (χ3n) is 3.58. The second kappa shape index (κ2) is 8.29. The number of benzene rings is 2. The summed E-state index contributed by atoms with van der Waals surface area (Å²) in [6.45, 7) is 1.58. The van der Waals surface area contributed by atoms with E-state index in [-0.39, 0.29) is 17.1 Å². The number of halogens is 2. The van der Waals surface area contributed by atoms with Gasteiger partial charge < -0.3 is 10.2 Å². The molecule has 9 heteroatoms. The van der Waals surface area contributed by atoms with Crippen LogP contribution in [0, 0.1) is 17.0 Å². The Hall–Kier alpha value is -2.45. The number of nitrogens with zero attached hydrogens (tertiary/aromatic N) is 2. The third-order valence-corrected chi connectivity index (χ3v) is 4.31. The predicted molar refractivity (Wildman–Crippen MR) is 103 cm³/mol. The van der Waals surface area contributed by atoms with Gasteiger partial charge in [0, 0.05) is 28.3 Å². The number of rotatable bonds is 5.